The summed E-state index contributed by atoms with van der Waals surface area (Å²) in [5, 5.41) is 0. The Morgan fingerprint density at radius 1 is 0.812 bits per heavy atom. The molecular weight excluding hydrogens is 315 g/mol. The minimum absolute atomic E-state index is 0.416. The third-order valence-electron chi connectivity index (χ3n) is 3.69. The number of hydrogen-bond acceptors (Lipinski definition) is 0. The molecule has 0 heterocycles. The van der Waals surface area contributed by atoms with Gasteiger partial charge in [0, 0.05) is 0 Å². The summed E-state index contributed by atoms with van der Waals surface area (Å²) in [4.78, 5) is 2.53. The van der Waals surface area contributed by atoms with E-state index in [0.29, 0.717) is 6.86 Å². The van der Waals surface area contributed by atoms with Crippen LogP contribution in [0.15, 0.2) is 0 Å². The zero-order valence-electron chi connectivity index (χ0n) is 13.0. The van der Waals surface area contributed by atoms with Gasteiger partial charge in [-0.25, -0.2) is 0 Å². The first kappa shape index (κ1) is 16.6. The van der Waals surface area contributed by atoms with Crippen molar-refractivity contribution < 1.29 is 0 Å². The van der Waals surface area contributed by atoms with Crippen LogP contribution in [0.3, 0.4) is 0 Å². The first-order valence-corrected chi connectivity index (χ1v) is 16.9. The van der Waals surface area contributed by atoms with E-state index in [4.69, 9.17) is 0 Å². The molecule has 0 unspecified atom stereocenters. The Bertz CT molecular complexity index is 285. The van der Waals surface area contributed by atoms with Crippen LogP contribution < -0.4 is 0 Å². The topological polar surface area (TPSA) is 0 Å². The summed E-state index contributed by atoms with van der Waals surface area (Å²) in [5.41, 5.74) is 3.66. The predicted octanol–water partition coefficient (Wildman–Crippen LogP) is 5.09. The Morgan fingerprint density at radius 3 is 1.31 bits per heavy atom. The van der Waals surface area contributed by atoms with Crippen molar-refractivity contribution in [1.29, 1.82) is 0 Å². The number of rotatable bonds is 0. The van der Waals surface area contributed by atoms with Crippen molar-refractivity contribution in [1.82, 2.24) is 0 Å². The van der Waals surface area contributed by atoms with Crippen molar-refractivity contribution in [2.75, 3.05) is 0 Å². The summed E-state index contributed by atoms with van der Waals surface area (Å²) < 4.78 is 4.67. The van der Waals surface area contributed by atoms with Gasteiger partial charge in [0.1, 0.15) is 0 Å². The average Bonchev–Trinajstić information content (AvgIpc) is 1.93. The molecule has 0 aromatic heterocycles. The summed E-state index contributed by atoms with van der Waals surface area (Å²) in [6.45, 7) is 21.4. The Hall–Kier alpha value is 0.576. The van der Waals surface area contributed by atoms with Crippen LogP contribution in [0.5, 0.6) is 0 Å². The fraction of sp³-hybridized carbons (Fsp3) is 0.857. The van der Waals surface area contributed by atoms with Crippen LogP contribution in [-0.2, 0) is 0 Å². The summed E-state index contributed by atoms with van der Waals surface area (Å²) in [5.74, 6) is 0. The summed E-state index contributed by atoms with van der Waals surface area (Å²) in [6, 6.07) is 0. The fourth-order valence-corrected chi connectivity index (χ4v) is 16.4. The molecule has 0 saturated carbocycles. The Morgan fingerprint density at radius 2 is 1.12 bits per heavy atom. The number of hydrogen-bond donors (Lipinski definition) is 0. The Labute approximate surface area is 108 Å². The zero-order chi connectivity index (χ0) is 13.4. The molecule has 0 aromatic carbocycles. The second-order valence-corrected chi connectivity index (χ2v) is 28.6. The molecule has 0 aromatic rings. The normalized spacial score (nSPS) is 14.4. The van der Waals surface area contributed by atoms with Crippen molar-refractivity contribution in [3.63, 3.8) is 0 Å². The third kappa shape index (κ3) is 4.11. The Kier molecular flexibility index (Phi) is 4.85. The monoisotopic (exact) mass is 346 g/mol. The molecule has 0 aliphatic heterocycles. The van der Waals surface area contributed by atoms with Crippen LogP contribution in [0.4, 0.5) is 0 Å². The average molecular weight is 345 g/mol. The molecule has 0 bridgehead atoms. The van der Waals surface area contributed by atoms with E-state index in [1.54, 1.807) is 0 Å². The van der Waals surface area contributed by atoms with E-state index in [0.717, 1.165) is 0 Å². The van der Waals surface area contributed by atoms with Crippen LogP contribution in [0, 0.1) is 9.48 Å². The maximum absolute atomic E-state index is 3.84. The molecule has 0 atom stereocenters. The van der Waals surface area contributed by atoms with E-state index in [9.17, 15) is 0 Å². The first-order valence-electron chi connectivity index (χ1n) is 6.25. The zero-order valence-corrected chi connectivity index (χ0v) is 16.9. The molecule has 0 spiro atoms. The van der Waals surface area contributed by atoms with E-state index in [-0.39, 0.29) is 0 Å². The molecule has 0 nitrogen and oxygen atoms in total. The van der Waals surface area contributed by atoms with Crippen molar-refractivity contribution in [3.05, 3.63) is 0 Å². The van der Waals surface area contributed by atoms with Gasteiger partial charge in [-0.15, -0.1) is 0 Å². The molecule has 0 aliphatic carbocycles. The SMILES string of the molecule is C[C](C)(C)[Sn]([CH3])([C]#C[Si](C)(C)C)[C](C)(C)C. The second kappa shape index (κ2) is 4.69. The van der Waals surface area contributed by atoms with Gasteiger partial charge >= 0.3 is 109 Å². The summed E-state index contributed by atoms with van der Waals surface area (Å²) in [7, 11) is -1.23. The molecule has 0 radical (unpaired) electrons. The van der Waals surface area contributed by atoms with Crippen molar-refractivity contribution in [2.24, 2.45) is 0 Å². The van der Waals surface area contributed by atoms with E-state index in [1.807, 2.05) is 0 Å². The van der Waals surface area contributed by atoms with E-state index in [2.05, 4.69) is 75.6 Å². The molecule has 0 fully saturated rings. The van der Waals surface area contributed by atoms with Crippen LogP contribution in [0.1, 0.15) is 41.5 Å². The standard InChI is InChI=1S/C5H9Si.2C4H9.CH3.Sn/c1-5-6(2,3)4;2*1-4(2)3;;/h2-4H3;2*1-3H3;1H3;. The minimum atomic E-state index is -2.43. The van der Waals surface area contributed by atoms with Crippen molar-refractivity contribution in [3.8, 4) is 9.48 Å². The van der Waals surface area contributed by atoms with Crippen LogP contribution in [0.25, 0.3) is 0 Å². The van der Waals surface area contributed by atoms with E-state index in [1.165, 1.54) is 0 Å². The first-order chi connectivity index (χ1) is 6.71. The second-order valence-electron chi connectivity index (χ2n) is 8.12. The fourth-order valence-electron chi connectivity index (χ4n) is 1.81. The Balaban J connectivity index is 5.54. The molecule has 0 saturated heterocycles. The molecule has 94 valence electrons. The third-order valence-corrected chi connectivity index (χ3v) is 24.2. The van der Waals surface area contributed by atoms with Gasteiger partial charge in [-0.2, -0.15) is 0 Å². The van der Waals surface area contributed by atoms with Gasteiger partial charge in [0.2, 0.25) is 0 Å². The molecule has 0 rings (SSSR count). The molecule has 0 amide bonds. The van der Waals surface area contributed by atoms with Crippen LogP contribution in [0.2, 0.25) is 31.4 Å². The summed E-state index contributed by atoms with van der Waals surface area (Å²) >= 11 is -2.43. The van der Waals surface area contributed by atoms with Gasteiger partial charge in [-0.3, -0.25) is 0 Å². The van der Waals surface area contributed by atoms with E-state index < -0.39 is 26.5 Å². The van der Waals surface area contributed by atoms with Crippen LogP contribution in [-0.4, -0.2) is 26.5 Å². The van der Waals surface area contributed by atoms with E-state index >= 15 is 0 Å². The quantitative estimate of drug-likeness (QED) is 0.424. The van der Waals surface area contributed by atoms with Crippen molar-refractivity contribution in [2.45, 2.75) is 73.0 Å². The van der Waals surface area contributed by atoms with Gasteiger partial charge in [0.05, 0.1) is 0 Å². The van der Waals surface area contributed by atoms with Gasteiger partial charge in [0.15, 0.2) is 0 Å². The van der Waals surface area contributed by atoms with Gasteiger partial charge in [-0.05, 0) is 0 Å². The molecule has 16 heavy (non-hydrogen) atoms. The summed E-state index contributed by atoms with van der Waals surface area (Å²) in [6.07, 6.45) is 0. The molecule has 2 heteroatoms. The van der Waals surface area contributed by atoms with Crippen LogP contribution >= 0.6 is 0 Å². The molecule has 0 N–H and O–H groups in total. The molecule has 0 aliphatic rings. The predicted molar refractivity (Wildman–Crippen MR) is 82.2 cm³/mol. The van der Waals surface area contributed by atoms with Crippen molar-refractivity contribution >= 4 is 26.5 Å². The van der Waals surface area contributed by atoms with Gasteiger partial charge in [0.25, 0.3) is 0 Å². The van der Waals surface area contributed by atoms with Gasteiger partial charge in [-0.1, -0.05) is 0 Å². The molecular formula is C14H30SiSn. The van der Waals surface area contributed by atoms with Gasteiger partial charge < -0.3 is 0 Å². The maximum atomic E-state index is 3.84.